The highest BCUT2D eigenvalue weighted by atomic mass is 19.1. The van der Waals surface area contributed by atoms with E-state index >= 15 is 0 Å². The molecule has 0 saturated carbocycles. The summed E-state index contributed by atoms with van der Waals surface area (Å²) in [5.74, 6) is -0.171. The fourth-order valence-electron chi connectivity index (χ4n) is 3.19. The van der Waals surface area contributed by atoms with Gasteiger partial charge in [0.15, 0.2) is 0 Å². The first-order chi connectivity index (χ1) is 8.22. The van der Waals surface area contributed by atoms with Crippen LogP contribution in [0.25, 0.3) is 0 Å². The standard InChI is InChI=1S/C15H17FO/c16-14-8-4-7-13-12(14)9-10-15(13,17)11-5-2-1-3-6-11/h4-5,7-8,17H,1-3,6,9-10H2. The maximum Gasteiger partial charge on any atom is 0.126 e. The quantitative estimate of drug-likeness (QED) is 0.735. The van der Waals surface area contributed by atoms with Gasteiger partial charge in [0.25, 0.3) is 0 Å². The van der Waals surface area contributed by atoms with Crippen molar-refractivity contribution in [3.63, 3.8) is 0 Å². The molecule has 1 aromatic carbocycles. The molecule has 1 aromatic rings. The van der Waals surface area contributed by atoms with Gasteiger partial charge in [-0.25, -0.2) is 4.39 Å². The van der Waals surface area contributed by atoms with Gasteiger partial charge in [-0.3, -0.25) is 0 Å². The Hall–Kier alpha value is -1.15. The molecule has 0 fully saturated rings. The molecular formula is C15H17FO. The summed E-state index contributed by atoms with van der Waals surface area (Å²) in [5.41, 5.74) is 1.72. The molecule has 0 radical (unpaired) electrons. The van der Waals surface area contributed by atoms with Crippen molar-refractivity contribution in [1.82, 2.24) is 0 Å². The van der Waals surface area contributed by atoms with Crippen LogP contribution in [0.4, 0.5) is 4.39 Å². The Morgan fingerprint density at radius 2 is 2.06 bits per heavy atom. The number of benzene rings is 1. The van der Waals surface area contributed by atoms with Crippen LogP contribution < -0.4 is 0 Å². The first-order valence-electron chi connectivity index (χ1n) is 6.41. The van der Waals surface area contributed by atoms with Gasteiger partial charge in [0.2, 0.25) is 0 Å². The van der Waals surface area contributed by atoms with Gasteiger partial charge in [-0.2, -0.15) is 0 Å². The molecule has 2 aliphatic rings. The summed E-state index contributed by atoms with van der Waals surface area (Å²) in [7, 11) is 0. The van der Waals surface area contributed by atoms with Gasteiger partial charge in [-0.1, -0.05) is 18.2 Å². The largest absolute Gasteiger partial charge is 0.381 e. The number of allylic oxidation sites excluding steroid dienone is 1. The van der Waals surface area contributed by atoms with Crippen molar-refractivity contribution in [3.8, 4) is 0 Å². The van der Waals surface area contributed by atoms with Crippen LogP contribution in [0.3, 0.4) is 0 Å². The molecule has 0 amide bonds. The number of fused-ring (bicyclic) bond motifs is 1. The van der Waals surface area contributed by atoms with Crippen LogP contribution in [0.5, 0.6) is 0 Å². The number of rotatable bonds is 1. The minimum absolute atomic E-state index is 0.171. The number of aliphatic hydroxyl groups is 1. The van der Waals surface area contributed by atoms with Crippen LogP contribution in [0, 0.1) is 5.82 Å². The van der Waals surface area contributed by atoms with Gasteiger partial charge in [0, 0.05) is 0 Å². The molecule has 0 aromatic heterocycles. The lowest BCUT2D eigenvalue weighted by Gasteiger charge is -2.29. The fraction of sp³-hybridized carbons (Fsp3) is 0.467. The molecule has 0 heterocycles. The lowest BCUT2D eigenvalue weighted by Crippen LogP contribution is -2.26. The third kappa shape index (κ3) is 1.62. The summed E-state index contributed by atoms with van der Waals surface area (Å²) in [5, 5.41) is 10.9. The summed E-state index contributed by atoms with van der Waals surface area (Å²) in [6.07, 6.45) is 7.78. The summed E-state index contributed by atoms with van der Waals surface area (Å²) >= 11 is 0. The highest BCUT2D eigenvalue weighted by Crippen LogP contribution is 2.45. The minimum Gasteiger partial charge on any atom is -0.381 e. The molecule has 1 unspecified atom stereocenters. The SMILES string of the molecule is OC1(C2=CCCCC2)CCc2c(F)cccc21. The van der Waals surface area contributed by atoms with Crippen LogP contribution in [0.15, 0.2) is 29.8 Å². The van der Waals surface area contributed by atoms with Crippen LogP contribution >= 0.6 is 0 Å². The smallest absolute Gasteiger partial charge is 0.126 e. The Balaban J connectivity index is 2.07. The van der Waals surface area contributed by atoms with Crippen molar-refractivity contribution in [2.24, 2.45) is 0 Å². The van der Waals surface area contributed by atoms with Gasteiger partial charge in [0.1, 0.15) is 11.4 Å². The summed E-state index contributed by atoms with van der Waals surface area (Å²) in [6, 6.07) is 5.06. The second kappa shape index (κ2) is 3.95. The average Bonchev–Trinajstić information content (AvgIpc) is 2.72. The summed E-state index contributed by atoms with van der Waals surface area (Å²) in [4.78, 5) is 0. The zero-order chi connectivity index (χ0) is 11.9. The van der Waals surface area contributed by atoms with Crippen molar-refractivity contribution in [2.45, 2.75) is 44.1 Å². The van der Waals surface area contributed by atoms with E-state index in [0.29, 0.717) is 18.4 Å². The maximum absolute atomic E-state index is 13.7. The van der Waals surface area contributed by atoms with Gasteiger partial charge in [-0.15, -0.1) is 0 Å². The van der Waals surface area contributed by atoms with Crippen LogP contribution in [0.2, 0.25) is 0 Å². The lowest BCUT2D eigenvalue weighted by molar-refractivity contribution is 0.0726. The van der Waals surface area contributed by atoms with Crippen molar-refractivity contribution in [2.75, 3.05) is 0 Å². The molecule has 0 spiro atoms. The van der Waals surface area contributed by atoms with Crippen molar-refractivity contribution in [1.29, 1.82) is 0 Å². The second-order valence-electron chi connectivity index (χ2n) is 5.10. The molecule has 90 valence electrons. The summed E-state index contributed by atoms with van der Waals surface area (Å²) in [6.45, 7) is 0. The lowest BCUT2D eigenvalue weighted by atomic mass is 9.81. The predicted octanol–water partition coefficient (Wildman–Crippen LogP) is 3.46. The van der Waals surface area contributed by atoms with Crippen LogP contribution in [0.1, 0.15) is 43.2 Å². The first-order valence-corrected chi connectivity index (χ1v) is 6.41. The number of halogens is 1. The normalized spacial score (nSPS) is 27.8. The Morgan fingerprint density at radius 1 is 1.18 bits per heavy atom. The third-order valence-corrected chi connectivity index (χ3v) is 4.12. The van der Waals surface area contributed by atoms with E-state index in [1.807, 2.05) is 6.07 Å². The van der Waals surface area contributed by atoms with E-state index in [0.717, 1.165) is 30.4 Å². The molecule has 17 heavy (non-hydrogen) atoms. The monoisotopic (exact) mass is 232 g/mol. The first kappa shape index (κ1) is 11.0. The average molecular weight is 232 g/mol. The fourth-order valence-corrected chi connectivity index (χ4v) is 3.19. The van der Waals surface area contributed by atoms with Gasteiger partial charge in [0.05, 0.1) is 0 Å². The van der Waals surface area contributed by atoms with E-state index in [4.69, 9.17) is 0 Å². The highest BCUT2D eigenvalue weighted by molar-refractivity contribution is 5.44. The molecular weight excluding hydrogens is 215 g/mol. The van der Waals surface area contributed by atoms with E-state index in [2.05, 4.69) is 6.08 Å². The molecule has 3 rings (SSSR count). The maximum atomic E-state index is 13.7. The van der Waals surface area contributed by atoms with Crippen LogP contribution in [-0.2, 0) is 12.0 Å². The van der Waals surface area contributed by atoms with Crippen molar-refractivity contribution < 1.29 is 9.50 Å². The molecule has 0 saturated heterocycles. The van der Waals surface area contributed by atoms with Gasteiger partial charge >= 0.3 is 0 Å². The second-order valence-corrected chi connectivity index (χ2v) is 5.10. The molecule has 2 heteroatoms. The molecule has 2 aliphatic carbocycles. The minimum atomic E-state index is -0.891. The van der Waals surface area contributed by atoms with E-state index in [-0.39, 0.29) is 5.82 Å². The van der Waals surface area contributed by atoms with Crippen molar-refractivity contribution >= 4 is 0 Å². The summed E-state index contributed by atoms with van der Waals surface area (Å²) < 4.78 is 13.7. The third-order valence-electron chi connectivity index (χ3n) is 4.12. The highest BCUT2D eigenvalue weighted by Gasteiger charge is 2.40. The number of hydrogen-bond acceptors (Lipinski definition) is 1. The Kier molecular flexibility index (Phi) is 2.55. The molecule has 1 N–H and O–H groups in total. The van der Waals surface area contributed by atoms with E-state index in [1.165, 1.54) is 12.5 Å². The zero-order valence-electron chi connectivity index (χ0n) is 9.88. The van der Waals surface area contributed by atoms with Gasteiger partial charge in [-0.05, 0) is 61.3 Å². The van der Waals surface area contributed by atoms with E-state index < -0.39 is 5.60 Å². The van der Waals surface area contributed by atoms with E-state index in [1.54, 1.807) is 6.07 Å². The Morgan fingerprint density at radius 3 is 2.82 bits per heavy atom. The van der Waals surface area contributed by atoms with Gasteiger partial charge < -0.3 is 5.11 Å². The molecule has 0 bridgehead atoms. The predicted molar refractivity (Wildman–Crippen MR) is 65.2 cm³/mol. The Bertz CT molecular complexity index is 478. The zero-order valence-corrected chi connectivity index (χ0v) is 9.88. The van der Waals surface area contributed by atoms with Crippen molar-refractivity contribution in [3.05, 3.63) is 46.8 Å². The molecule has 1 nitrogen and oxygen atoms in total. The van der Waals surface area contributed by atoms with E-state index in [9.17, 15) is 9.50 Å². The number of hydrogen-bond donors (Lipinski definition) is 1. The Labute approximate surface area is 101 Å². The van der Waals surface area contributed by atoms with Crippen LogP contribution in [-0.4, -0.2) is 5.11 Å². The topological polar surface area (TPSA) is 20.2 Å². The molecule has 0 aliphatic heterocycles. The molecule has 1 atom stereocenters.